The topological polar surface area (TPSA) is 65.5 Å². The average Bonchev–Trinajstić information content (AvgIpc) is 3.46. The predicted molar refractivity (Wildman–Crippen MR) is 122 cm³/mol. The lowest BCUT2D eigenvalue weighted by molar-refractivity contribution is -0.138. The first-order chi connectivity index (χ1) is 16.2. The van der Waals surface area contributed by atoms with E-state index >= 15 is 0 Å². The van der Waals surface area contributed by atoms with Gasteiger partial charge in [-0.25, -0.2) is 9.97 Å². The maximum absolute atomic E-state index is 13.4. The third kappa shape index (κ3) is 4.13. The molecule has 0 aliphatic carbocycles. The standard InChI is InChI=1S/C25H26F3N3O3/c1-13-17(5-4-6-20(13)25(26,27)28)14(2)29-24-19-11-21(34-16-7-9-32-12-16)23-18(8-10-33-23)22(19)30-15(3)31-24/h4-6,11,14,16H,7-10,12H2,1-3H3,(H,29,30,31)/t14-,16?/m1/s1. The van der Waals surface area contributed by atoms with E-state index in [1.54, 1.807) is 13.0 Å². The van der Waals surface area contributed by atoms with Gasteiger partial charge in [0.25, 0.3) is 0 Å². The third-order valence-electron chi connectivity index (χ3n) is 6.40. The molecule has 1 fully saturated rings. The van der Waals surface area contributed by atoms with Crippen LogP contribution in [0.1, 0.15) is 47.5 Å². The largest absolute Gasteiger partial charge is 0.489 e. The molecule has 180 valence electrons. The van der Waals surface area contributed by atoms with E-state index < -0.39 is 17.8 Å². The molecule has 34 heavy (non-hydrogen) atoms. The van der Waals surface area contributed by atoms with E-state index in [1.807, 2.05) is 13.0 Å². The smallest absolute Gasteiger partial charge is 0.416 e. The molecule has 1 saturated heterocycles. The molecular formula is C25H26F3N3O3. The number of anilines is 1. The summed E-state index contributed by atoms with van der Waals surface area (Å²) in [4.78, 5) is 9.27. The van der Waals surface area contributed by atoms with Crippen molar-refractivity contribution in [2.24, 2.45) is 0 Å². The van der Waals surface area contributed by atoms with Crippen LogP contribution in [0.4, 0.5) is 19.0 Å². The first-order valence-corrected chi connectivity index (χ1v) is 11.4. The van der Waals surface area contributed by atoms with Gasteiger partial charge in [-0.1, -0.05) is 12.1 Å². The Morgan fingerprint density at radius 1 is 1.18 bits per heavy atom. The van der Waals surface area contributed by atoms with Crippen LogP contribution >= 0.6 is 0 Å². The molecule has 3 aromatic rings. The molecule has 0 amide bonds. The Bertz CT molecular complexity index is 1240. The molecule has 2 aromatic carbocycles. The van der Waals surface area contributed by atoms with Gasteiger partial charge in [-0.2, -0.15) is 13.2 Å². The van der Waals surface area contributed by atoms with E-state index in [4.69, 9.17) is 14.2 Å². The lowest BCUT2D eigenvalue weighted by atomic mass is 9.97. The van der Waals surface area contributed by atoms with E-state index in [1.165, 1.54) is 13.0 Å². The number of nitrogens with one attached hydrogen (secondary N) is 1. The fourth-order valence-electron chi connectivity index (χ4n) is 4.74. The third-order valence-corrected chi connectivity index (χ3v) is 6.40. The highest BCUT2D eigenvalue weighted by molar-refractivity contribution is 5.95. The minimum atomic E-state index is -4.41. The van der Waals surface area contributed by atoms with Crippen molar-refractivity contribution in [2.45, 2.75) is 51.9 Å². The van der Waals surface area contributed by atoms with Gasteiger partial charge in [0.1, 0.15) is 17.7 Å². The summed E-state index contributed by atoms with van der Waals surface area (Å²) in [5.74, 6) is 2.43. The van der Waals surface area contributed by atoms with E-state index in [0.29, 0.717) is 54.9 Å². The van der Waals surface area contributed by atoms with Crippen molar-refractivity contribution in [2.75, 3.05) is 25.1 Å². The fourth-order valence-corrected chi connectivity index (χ4v) is 4.74. The lowest BCUT2D eigenvalue weighted by Crippen LogP contribution is -2.16. The number of hydrogen-bond donors (Lipinski definition) is 1. The second kappa shape index (κ2) is 8.61. The van der Waals surface area contributed by atoms with Crippen LogP contribution in [-0.2, 0) is 17.3 Å². The molecule has 0 spiro atoms. The van der Waals surface area contributed by atoms with Gasteiger partial charge in [-0.15, -0.1) is 0 Å². The molecule has 0 radical (unpaired) electrons. The number of fused-ring (bicyclic) bond motifs is 3. The number of rotatable bonds is 5. The van der Waals surface area contributed by atoms with E-state index in [9.17, 15) is 13.2 Å². The summed E-state index contributed by atoms with van der Waals surface area (Å²) in [6, 6.07) is 5.70. The Kier molecular flexibility index (Phi) is 5.75. The zero-order valence-corrected chi connectivity index (χ0v) is 19.3. The van der Waals surface area contributed by atoms with Gasteiger partial charge in [-0.05, 0) is 44.0 Å². The van der Waals surface area contributed by atoms with Gasteiger partial charge in [0, 0.05) is 23.8 Å². The van der Waals surface area contributed by atoms with Gasteiger partial charge in [-0.3, -0.25) is 0 Å². The Morgan fingerprint density at radius 2 is 2.00 bits per heavy atom. The average molecular weight is 473 g/mol. The van der Waals surface area contributed by atoms with Crippen LogP contribution < -0.4 is 14.8 Å². The molecule has 2 aliphatic heterocycles. The van der Waals surface area contributed by atoms with Gasteiger partial charge in [0.15, 0.2) is 11.5 Å². The molecule has 1 aromatic heterocycles. The van der Waals surface area contributed by atoms with Crippen LogP contribution in [0.15, 0.2) is 24.3 Å². The number of benzene rings is 2. The van der Waals surface area contributed by atoms with Gasteiger partial charge in [0.2, 0.25) is 0 Å². The summed E-state index contributed by atoms with van der Waals surface area (Å²) in [6.45, 7) is 6.85. The molecule has 9 heteroatoms. The van der Waals surface area contributed by atoms with E-state index in [-0.39, 0.29) is 11.7 Å². The minimum Gasteiger partial charge on any atom is -0.489 e. The zero-order valence-electron chi connectivity index (χ0n) is 19.3. The van der Waals surface area contributed by atoms with Crippen molar-refractivity contribution in [3.8, 4) is 11.5 Å². The number of nitrogens with zero attached hydrogens (tertiary/aromatic N) is 2. The van der Waals surface area contributed by atoms with Crippen LogP contribution in [0.5, 0.6) is 11.5 Å². The predicted octanol–water partition coefficient (Wildman–Crippen LogP) is 5.54. The molecule has 5 rings (SSSR count). The Balaban J connectivity index is 1.56. The van der Waals surface area contributed by atoms with Crippen molar-refractivity contribution in [1.82, 2.24) is 9.97 Å². The van der Waals surface area contributed by atoms with Gasteiger partial charge >= 0.3 is 6.18 Å². The van der Waals surface area contributed by atoms with Crippen molar-refractivity contribution < 1.29 is 27.4 Å². The molecule has 1 N–H and O–H groups in total. The van der Waals surface area contributed by atoms with Crippen molar-refractivity contribution in [3.63, 3.8) is 0 Å². The van der Waals surface area contributed by atoms with Crippen LogP contribution in [0.25, 0.3) is 10.9 Å². The molecular weight excluding hydrogens is 447 g/mol. The van der Waals surface area contributed by atoms with Crippen molar-refractivity contribution in [1.29, 1.82) is 0 Å². The first-order valence-electron chi connectivity index (χ1n) is 11.4. The highest BCUT2D eigenvalue weighted by Gasteiger charge is 2.33. The van der Waals surface area contributed by atoms with E-state index in [2.05, 4.69) is 15.3 Å². The highest BCUT2D eigenvalue weighted by atomic mass is 19.4. The quantitative estimate of drug-likeness (QED) is 0.525. The Labute approximate surface area is 195 Å². The maximum Gasteiger partial charge on any atom is 0.416 e. The number of ether oxygens (including phenoxy) is 3. The number of aromatic nitrogens is 2. The highest BCUT2D eigenvalue weighted by Crippen LogP contribution is 2.43. The number of alkyl halides is 3. The first kappa shape index (κ1) is 22.7. The van der Waals surface area contributed by atoms with Gasteiger partial charge in [0.05, 0.1) is 36.9 Å². The summed E-state index contributed by atoms with van der Waals surface area (Å²) in [7, 11) is 0. The van der Waals surface area contributed by atoms with Crippen LogP contribution in [-0.4, -0.2) is 35.9 Å². The summed E-state index contributed by atoms with van der Waals surface area (Å²) in [6.07, 6.45) is -2.97. The Morgan fingerprint density at radius 3 is 2.74 bits per heavy atom. The zero-order chi connectivity index (χ0) is 24.0. The minimum absolute atomic E-state index is 0.0554. The summed E-state index contributed by atoms with van der Waals surface area (Å²) in [5, 5.41) is 4.08. The summed E-state index contributed by atoms with van der Waals surface area (Å²) in [5.41, 5.74) is 1.85. The normalized spacial score (nSPS) is 18.6. The Hall–Kier alpha value is -3.07. The van der Waals surface area contributed by atoms with Crippen LogP contribution in [0.3, 0.4) is 0 Å². The second-order valence-corrected chi connectivity index (χ2v) is 8.78. The van der Waals surface area contributed by atoms with Crippen LogP contribution in [0, 0.1) is 13.8 Å². The lowest BCUT2D eigenvalue weighted by Gasteiger charge is -2.22. The number of halogens is 3. The molecule has 1 unspecified atom stereocenters. The second-order valence-electron chi connectivity index (χ2n) is 8.78. The molecule has 0 bridgehead atoms. The molecule has 3 heterocycles. The van der Waals surface area contributed by atoms with Gasteiger partial charge < -0.3 is 19.5 Å². The van der Waals surface area contributed by atoms with Crippen molar-refractivity contribution >= 4 is 16.7 Å². The number of hydrogen-bond acceptors (Lipinski definition) is 6. The SMILES string of the molecule is Cc1nc(N[C@H](C)c2cccc(C(F)(F)F)c2C)c2cc(OC3CCOC3)c3c(c2n1)CCO3. The monoisotopic (exact) mass is 473 g/mol. The van der Waals surface area contributed by atoms with Crippen LogP contribution in [0.2, 0.25) is 0 Å². The summed E-state index contributed by atoms with van der Waals surface area (Å²) < 4.78 is 57.9. The molecule has 0 saturated carbocycles. The number of aryl methyl sites for hydroxylation is 1. The summed E-state index contributed by atoms with van der Waals surface area (Å²) >= 11 is 0. The fraction of sp³-hybridized carbons (Fsp3) is 0.440. The molecule has 2 aliphatic rings. The molecule has 2 atom stereocenters. The maximum atomic E-state index is 13.4. The molecule has 6 nitrogen and oxygen atoms in total. The van der Waals surface area contributed by atoms with E-state index in [0.717, 1.165) is 29.0 Å². The van der Waals surface area contributed by atoms with Crippen molar-refractivity contribution in [3.05, 3.63) is 52.3 Å².